The molecule has 1 N–H and O–H groups in total. The number of benzene rings is 1. The van der Waals surface area contributed by atoms with E-state index in [2.05, 4.69) is 12.2 Å². The number of nitrogens with zero attached hydrogens (tertiary/aromatic N) is 1. The predicted molar refractivity (Wildman–Crippen MR) is 85.6 cm³/mol. The first-order chi connectivity index (χ1) is 10.1. The Morgan fingerprint density at radius 3 is 2.24 bits per heavy atom. The fraction of sp³-hybridized carbons (Fsp3) is 0.529. The molecule has 116 valence electrons. The zero-order valence-electron chi connectivity index (χ0n) is 13.3. The van der Waals surface area contributed by atoms with E-state index in [1.54, 1.807) is 7.05 Å². The molecular weight excluding hydrogens is 264 g/mol. The van der Waals surface area contributed by atoms with Gasteiger partial charge in [0.2, 0.25) is 5.91 Å². The molecule has 0 aliphatic carbocycles. The lowest BCUT2D eigenvalue weighted by Crippen LogP contribution is -2.39. The van der Waals surface area contributed by atoms with E-state index in [0.717, 1.165) is 25.8 Å². The summed E-state index contributed by atoms with van der Waals surface area (Å²) in [6.45, 7) is 5.48. The number of rotatable bonds is 9. The fourth-order valence-corrected chi connectivity index (χ4v) is 2.25. The van der Waals surface area contributed by atoms with Gasteiger partial charge in [0.05, 0.1) is 13.1 Å². The van der Waals surface area contributed by atoms with Crippen molar-refractivity contribution in [2.75, 3.05) is 26.7 Å². The van der Waals surface area contributed by atoms with Crippen molar-refractivity contribution in [1.29, 1.82) is 0 Å². The predicted octanol–water partition coefficient (Wildman–Crippen LogP) is 2.28. The molecule has 4 nitrogen and oxygen atoms in total. The van der Waals surface area contributed by atoms with E-state index in [4.69, 9.17) is 0 Å². The Morgan fingerprint density at radius 2 is 1.71 bits per heavy atom. The van der Waals surface area contributed by atoms with Gasteiger partial charge in [-0.2, -0.15) is 0 Å². The van der Waals surface area contributed by atoms with Crippen molar-refractivity contribution >= 4 is 11.7 Å². The van der Waals surface area contributed by atoms with Crippen LogP contribution in [0.5, 0.6) is 0 Å². The third kappa shape index (κ3) is 6.08. The highest BCUT2D eigenvalue weighted by Gasteiger charge is 2.14. The Kier molecular flexibility index (Phi) is 7.69. The van der Waals surface area contributed by atoms with Crippen molar-refractivity contribution in [3.63, 3.8) is 0 Å². The molecule has 0 saturated carbocycles. The van der Waals surface area contributed by atoms with Crippen LogP contribution in [-0.4, -0.2) is 43.3 Å². The lowest BCUT2D eigenvalue weighted by Gasteiger charge is -2.19. The maximum Gasteiger partial charge on any atom is 0.233 e. The molecule has 0 bridgehead atoms. The van der Waals surface area contributed by atoms with E-state index in [-0.39, 0.29) is 24.8 Å². The number of carbonyl (C=O) groups is 2. The molecule has 0 aromatic heterocycles. The smallest absolute Gasteiger partial charge is 0.233 e. The van der Waals surface area contributed by atoms with Crippen LogP contribution in [0.4, 0.5) is 0 Å². The number of hydrogen-bond acceptors (Lipinski definition) is 3. The van der Waals surface area contributed by atoms with Gasteiger partial charge >= 0.3 is 0 Å². The van der Waals surface area contributed by atoms with Gasteiger partial charge in [0, 0.05) is 12.6 Å². The second-order valence-corrected chi connectivity index (χ2v) is 5.25. The molecule has 4 heteroatoms. The molecular formula is C17H26N2O2. The summed E-state index contributed by atoms with van der Waals surface area (Å²) in [6.07, 6.45) is 3.05. The maximum atomic E-state index is 12.3. The average molecular weight is 290 g/mol. The highest BCUT2D eigenvalue weighted by atomic mass is 16.2. The summed E-state index contributed by atoms with van der Waals surface area (Å²) in [5.74, 6) is 0.00458. The minimum Gasteiger partial charge on any atom is -0.358 e. The van der Waals surface area contributed by atoms with Gasteiger partial charge in [-0.3, -0.25) is 14.5 Å². The fourth-order valence-electron chi connectivity index (χ4n) is 2.25. The van der Waals surface area contributed by atoms with Crippen molar-refractivity contribution in [2.24, 2.45) is 0 Å². The van der Waals surface area contributed by atoms with Gasteiger partial charge in [0.15, 0.2) is 5.78 Å². The highest BCUT2D eigenvalue weighted by Crippen LogP contribution is 2.08. The number of amides is 1. The molecule has 1 amide bonds. The molecule has 0 aliphatic heterocycles. The third-order valence-corrected chi connectivity index (χ3v) is 3.37. The van der Waals surface area contributed by atoms with Gasteiger partial charge in [-0.05, 0) is 24.9 Å². The SMILES string of the molecule is CCCc1ccc(C(=O)CN(CCC)CC(=O)NC)cc1. The normalized spacial score (nSPS) is 10.7. The molecule has 0 saturated heterocycles. The van der Waals surface area contributed by atoms with E-state index in [1.807, 2.05) is 36.1 Å². The summed E-state index contributed by atoms with van der Waals surface area (Å²) in [5.41, 5.74) is 1.97. The van der Waals surface area contributed by atoms with Crippen molar-refractivity contribution in [3.05, 3.63) is 35.4 Å². The van der Waals surface area contributed by atoms with Crippen LogP contribution in [-0.2, 0) is 11.2 Å². The number of ketones is 1. The second kappa shape index (κ2) is 9.29. The van der Waals surface area contributed by atoms with Crippen molar-refractivity contribution in [3.8, 4) is 0 Å². The molecule has 0 radical (unpaired) electrons. The first-order valence-corrected chi connectivity index (χ1v) is 7.65. The van der Waals surface area contributed by atoms with Gasteiger partial charge in [-0.1, -0.05) is 44.5 Å². The van der Waals surface area contributed by atoms with Crippen LogP contribution in [0.1, 0.15) is 42.6 Å². The van der Waals surface area contributed by atoms with Gasteiger partial charge in [-0.25, -0.2) is 0 Å². The monoisotopic (exact) mass is 290 g/mol. The number of hydrogen-bond donors (Lipinski definition) is 1. The van der Waals surface area contributed by atoms with E-state index in [9.17, 15) is 9.59 Å². The Hall–Kier alpha value is -1.68. The second-order valence-electron chi connectivity index (χ2n) is 5.25. The van der Waals surface area contributed by atoms with E-state index in [0.29, 0.717) is 5.56 Å². The summed E-state index contributed by atoms with van der Waals surface area (Å²) in [5, 5.41) is 2.60. The Morgan fingerprint density at radius 1 is 1.05 bits per heavy atom. The summed E-state index contributed by atoms with van der Waals surface area (Å²) in [7, 11) is 1.61. The van der Waals surface area contributed by atoms with Crippen molar-refractivity contribution in [2.45, 2.75) is 33.1 Å². The quantitative estimate of drug-likeness (QED) is 0.710. The molecule has 1 aromatic carbocycles. The van der Waals surface area contributed by atoms with E-state index in [1.165, 1.54) is 5.56 Å². The van der Waals surface area contributed by atoms with Crippen LogP contribution >= 0.6 is 0 Å². The lowest BCUT2D eigenvalue weighted by atomic mass is 10.1. The summed E-state index contributed by atoms with van der Waals surface area (Å²) in [4.78, 5) is 25.7. The van der Waals surface area contributed by atoms with Crippen LogP contribution < -0.4 is 5.32 Å². The largest absolute Gasteiger partial charge is 0.358 e. The topological polar surface area (TPSA) is 49.4 Å². The minimum absolute atomic E-state index is 0.0606. The summed E-state index contributed by atoms with van der Waals surface area (Å²) in [6, 6.07) is 7.80. The molecule has 1 rings (SSSR count). The molecule has 0 aliphatic rings. The van der Waals surface area contributed by atoms with Gasteiger partial charge < -0.3 is 5.32 Å². The molecule has 0 spiro atoms. The highest BCUT2D eigenvalue weighted by molar-refractivity contribution is 5.97. The summed E-state index contributed by atoms with van der Waals surface area (Å²) >= 11 is 0. The number of carbonyl (C=O) groups excluding carboxylic acids is 2. The molecule has 21 heavy (non-hydrogen) atoms. The standard InChI is InChI=1S/C17H26N2O2/c1-4-6-14-7-9-15(10-8-14)16(20)12-19(11-5-2)13-17(21)18-3/h7-10H,4-6,11-13H2,1-3H3,(H,18,21). The number of nitrogens with one attached hydrogen (secondary N) is 1. The number of aryl methyl sites for hydroxylation is 1. The first-order valence-electron chi connectivity index (χ1n) is 7.65. The van der Waals surface area contributed by atoms with Crippen molar-refractivity contribution in [1.82, 2.24) is 10.2 Å². The molecule has 0 atom stereocenters. The molecule has 0 fully saturated rings. The first kappa shape index (κ1) is 17.4. The maximum absolute atomic E-state index is 12.3. The van der Waals surface area contributed by atoms with Crippen molar-refractivity contribution < 1.29 is 9.59 Å². The van der Waals surface area contributed by atoms with Crippen LogP contribution in [0.3, 0.4) is 0 Å². The summed E-state index contributed by atoms with van der Waals surface area (Å²) < 4.78 is 0. The zero-order chi connectivity index (χ0) is 15.7. The number of likely N-dealkylation sites (N-methyl/N-ethyl adjacent to an activating group) is 1. The van der Waals surface area contributed by atoms with Gasteiger partial charge in [0.1, 0.15) is 0 Å². The number of Topliss-reactive ketones (excluding diaryl/α,β-unsaturated/α-hetero) is 1. The van der Waals surface area contributed by atoms with Crippen LogP contribution in [0.15, 0.2) is 24.3 Å². The molecule has 1 aromatic rings. The molecule has 0 heterocycles. The minimum atomic E-state index is -0.0606. The Bertz CT molecular complexity index is 454. The van der Waals surface area contributed by atoms with Gasteiger partial charge in [0.25, 0.3) is 0 Å². The van der Waals surface area contributed by atoms with Crippen LogP contribution in [0.25, 0.3) is 0 Å². The third-order valence-electron chi connectivity index (χ3n) is 3.37. The average Bonchev–Trinajstić information content (AvgIpc) is 2.48. The van der Waals surface area contributed by atoms with E-state index >= 15 is 0 Å². The Balaban J connectivity index is 2.65. The van der Waals surface area contributed by atoms with Crippen LogP contribution in [0, 0.1) is 0 Å². The molecule has 0 unspecified atom stereocenters. The van der Waals surface area contributed by atoms with Gasteiger partial charge in [-0.15, -0.1) is 0 Å². The van der Waals surface area contributed by atoms with Crippen LogP contribution in [0.2, 0.25) is 0 Å². The Labute approximate surface area is 127 Å². The zero-order valence-corrected chi connectivity index (χ0v) is 13.3. The lowest BCUT2D eigenvalue weighted by molar-refractivity contribution is -0.121. The van der Waals surface area contributed by atoms with E-state index < -0.39 is 0 Å².